The maximum Gasteiger partial charge on any atom is 0.255 e. The third-order valence-electron chi connectivity index (χ3n) is 2.66. The van der Waals surface area contributed by atoms with Gasteiger partial charge < -0.3 is 20.5 Å². The van der Waals surface area contributed by atoms with Crippen molar-refractivity contribution < 1.29 is 19.1 Å². The summed E-state index contributed by atoms with van der Waals surface area (Å²) in [6.45, 7) is 3.70. The first-order valence-corrected chi connectivity index (χ1v) is 7.16. The molecule has 0 aromatic heterocycles. The summed E-state index contributed by atoms with van der Waals surface area (Å²) in [6, 6.07) is 7.00. The number of nitrogens with one attached hydrogen (secondary N) is 1. The van der Waals surface area contributed by atoms with Gasteiger partial charge in [0.05, 0.1) is 0 Å². The monoisotopic (exact) mass is 306 g/mol. The third kappa shape index (κ3) is 8.06. The van der Waals surface area contributed by atoms with E-state index >= 15 is 0 Å². The minimum Gasteiger partial charge on any atom is -0.484 e. The highest BCUT2D eigenvalue weighted by atomic mass is 16.5. The van der Waals surface area contributed by atoms with Gasteiger partial charge in [-0.15, -0.1) is 0 Å². The lowest BCUT2D eigenvalue weighted by molar-refractivity contribution is -0.120. The van der Waals surface area contributed by atoms with E-state index in [2.05, 4.69) is 5.32 Å². The van der Waals surface area contributed by atoms with Crippen LogP contribution in [0.25, 0.3) is 6.08 Å². The second-order valence-electron chi connectivity index (χ2n) is 4.50. The van der Waals surface area contributed by atoms with Crippen molar-refractivity contribution in [1.29, 1.82) is 0 Å². The maximum absolute atomic E-state index is 11.6. The molecule has 1 aromatic carbocycles. The minimum absolute atomic E-state index is 0.148. The van der Waals surface area contributed by atoms with E-state index in [-0.39, 0.29) is 12.5 Å². The molecule has 0 bridgehead atoms. The Morgan fingerprint density at radius 3 is 2.64 bits per heavy atom. The van der Waals surface area contributed by atoms with Crippen LogP contribution < -0.4 is 15.8 Å². The molecular formula is C16H22N2O4. The molecular weight excluding hydrogens is 284 g/mol. The van der Waals surface area contributed by atoms with Gasteiger partial charge in [-0.2, -0.15) is 0 Å². The fraction of sp³-hybridized carbons (Fsp3) is 0.375. The van der Waals surface area contributed by atoms with Crippen LogP contribution in [-0.2, 0) is 14.3 Å². The van der Waals surface area contributed by atoms with E-state index in [1.165, 1.54) is 6.08 Å². The third-order valence-corrected chi connectivity index (χ3v) is 2.66. The Labute approximate surface area is 130 Å². The van der Waals surface area contributed by atoms with E-state index in [1.54, 1.807) is 30.3 Å². The Bertz CT molecular complexity index is 497. The Morgan fingerprint density at radius 1 is 1.27 bits per heavy atom. The molecule has 0 aliphatic rings. The first-order chi connectivity index (χ1) is 10.6. The van der Waals surface area contributed by atoms with E-state index in [1.807, 2.05) is 6.92 Å². The minimum atomic E-state index is -0.523. The molecule has 0 saturated heterocycles. The van der Waals surface area contributed by atoms with E-state index in [0.29, 0.717) is 25.5 Å². The number of primary amides is 1. The van der Waals surface area contributed by atoms with Gasteiger partial charge in [-0.3, -0.25) is 9.59 Å². The summed E-state index contributed by atoms with van der Waals surface area (Å²) in [5, 5.41) is 2.77. The number of amides is 2. The number of hydrogen-bond acceptors (Lipinski definition) is 4. The molecule has 0 heterocycles. The first kappa shape index (κ1) is 17.7. The lowest BCUT2D eigenvalue weighted by Crippen LogP contribution is -2.23. The molecule has 0 spiro atoms. The van der Waals surface area contributed by atoms with Crippen LogP contribution in [0.1, 0.15) is 18.9 Å². The van der Waals surface area contributed by atoms with Crippen molar-refractivity contribution in [1.82, 2.24) is 5.32 Å². The van der Waals surface area contributed by atoms with E-state index in [4.69, 9.17) is 15.2 Å². The van der Waals surface area contributed by atoms with Crippen LogP contribution in [0.5, 0.6) is 5.75 Å². The zero-order valence-electron chi connectivity index (χ0n) is 12.7. The molecule has 1 rings (SSSR count). The second kappa shape index (κ2) is 10.4. The van der Waals surface area contributed by atoms with Gasteiger partial charge in [-0.05, 0) is 37.1 Å². The number of benzene rings is 1. The molecule has 0 fully saturated rings. The topological polar surface area (TPSA) is 90.7 Å². The van der Waals surface area contributed by atoms with Gasteiger partial charge in [-0.25, -0.2) is 0 Å². The molecule has 2 amide bonds. The van der Waals surface area contributed by atoms with E-state index in [0.717, 1.165) is 12.0 Å². The van der Waals surface area contributed by atoms with Gasteiger partial charge in [0.15, 0.2) is 6.61 Å². The Kier molecular flexibility index (Phi) is 8.37. The molecule has 0 aliphatic heterocycles. The van der Waals surface area contributed by atoms with Crippen molar-refractivity contribution in [3.8, 4) is 5.75 Å². The van der Waals surface area contributed by atoms with Crippen LogP contribution in [0.2, 0.25) is 0 Å². The molecule has 0 saturated carbocycles. The number of carbonyl (C=O) groups excluding carboxylic acids is 2. The smallest absolute Gasteiger partial charge is 0.255 e. The predicted octanol–water partition coefficient (Wildman–Crippen LogP) is 1.11. The van der Waals surface area contributed by atoms with Crippen molar-refractivity contribution in [3.63, 3.8) is 0 Å². The van der Waals surface area contributed by atoms with Gasteiger partial charge >= 0.3 is 0 Å². The quantitative estimate of drug-likeness (QED) is 0.500. The zero-order chi connectivity index (χ0) is 16.2. The molecule has 22 heavy (non-hydrogen) atoms. The van der Waals surface area contributed by atoms with Crippen molar-refractivity contribution in [3.05, 3.63) is 35.9 Å². The molecule has 6 nitrogen and oxygen atoms in total. The Balaban J connectivity index is 2.32. The summed E-state index contributed by atoms with van der Waals surface area (Å²) in [5.74, 6) is -0.119. The SMILES string of the molecule is CCOCCCNC(=O)/C=C/c1ccc(OCC(N)=O)cc1. The van der Waals surface area contributed by atoms with Crippen molar-refractivity contribution in [2.24, 2.45) is 5.73 Å². The summed E-state index contributed by atoms with van der Waals surface area (Å²) < 4.78 is 10.3. The van der Waals surface area contributed by atoms with Gasteiger partial charge in [0, 0.05) is 25.8 Å². The number of hydrogen-bond donors (Lipinski definition) is 2. The van der Waals surface area contributed by atoms with E-state index < -0.39 is 5.91 Å². The highest BCUT2D eigenvalue weighted by molar-refractivity contribution is 5.91. The van der Waals surface area contributed by atoms with Crippen LogP contribution in [0.3, 0.4) is 0 Å². The summed E-state index contributed by atoms with van der Waals surface area (Å²) in [4.78, 5) is 22.2. The van der Waals surface area contributed by atoms with Gasteiger partial charge in [0.2, 0.25) is 5.91 Å². The standard InChI is InChI=1S/C16H22N2O4/c1-2-21-11-3-10-18-16(20)9-6-13-4-7-14(8-5-13)22-12-15(17)19/h4-9H,2-3,10-12H2,1H3,(H2,17,19)(H,18,20)/b9-6+. The first-order valence-electron chi connectivity index (χ1n) is 7.16. The highest BCUT2D eigenvalue weighted by Gasteiger charge is 1.98. The summed E-state index contributed by atoms with van der Waals surface area (Å²) in [6.07, 6.45) is 3.97. The lowest BCUT2D eigenvalue weighted by atomic mass is 10.2. The second-order valence-corrected chi connectivity index (χ2v) is 4.50. The normalized spacial score (nSPS) is 10.6. The molecule has 0 unspecified atom stereocenters. The zero-order valence-corrected chi connectivity index (χ0v) is 12.7. The average Bonchev–Trinajstić information content (AvgIpc) is 2.51. The molecule has 0 aliphatic carbocycles. The molecule has 120 valence electrons. The van der Waals surface area contributed by atoms with Crippen LogP contribution in [-0.4, -0.2) is 38.2 Å². The summed E-state index contributed by atoms with van der Waals surface area (Å²) >= 11 is 0. The van der Waals surface area contributed by atoms with Crippen LogP contribution in [0.15, 0.2) is 30.3 Å². The molecule has 3 N–H and O–H groups in total. The fourth-order valence-corrected chi connectivity index (χ4v) is 1.59. The van der Waals surface area contributed by atoms with Gasteiger partial charge in [0.1, 0.15) is 5.75 Å². The molecule has 6 heteroatoms. The predicted molar refractivity (Wildman–Crippen MR) is 84.3 cm³/mol. The number of rotatable bonds is 10. The molecule has 0 radical (unpaired) electrons. The van der Waals surface area contributed by atoms with Crippen molar-refractivity contribution >= 4 is 17.9 Å². The Morgan fingerprint density at radius 2 is 2.00 bits per heavy atom. The highest BCUT2D eigenvalue weighted by Crippen LogP contribution is 2.12. The number of ether oxygens (including phenoxy) is 2. The number of carbonyl (C=O) groups is 2. The lowest BCUT2D eigenvalue weighted by Gasteiger charge is -2.04. The summed E-state index contributed by atoms with van der Waals surface area (Å²) in [7, 11) is 0. The van der Waals surface area contributed by atoms with Crippen LogP contribution in [0.4, 0.5) is 0 Å². The van der Waals surface area contributed by atoms with Gasteiger partial charge in [-0.1, -0.05) is 12.1 Å². The Hall–Kier alpha value is -2.34. The maximum atomic E-state index is 11.6. The largest absolute Gasteiger partial charge is 0.484 e. The van der Waals surface area contributed by atoms with E-state index in [9.17, 15) is 9.59 Å². The average molecular weight is 306 g/mol. The van der Waals surface area contributed by atoms with Crippen LogP contribution >= 0.6 is 0 Å². The summed E-state index contributed by atoms with van der Waals surface area (Å²) in [5.41, 5.74) is 5.85. The molecule has 0 atom stereocenters. The van der Waals surface area contributed by atoms with Crippen LogP contribution in [0, 0.1) is 0 Å². The van der Waals surface area contributed by atoms with Crippen molar-refractivity contribution in [2.45, 2.75) is 13.3 Å². The fourth-order valence-electron chi connectivity index (χ4n) is 1.59. The van der Waals surface area contributed by atoms with Gasteiger partial charge in [0.25, 0.3) is 5.91 Å². The van der Waals surface area contributed by atoms with Crippen molar-refractivity contribution in [2.75, 3.05) is 26.4 Å². The molecule has 1 aromatic rings. The number of nitrogens with two attached hydrogens (primary N) is 1.